The number of nitrogens with two attached hydrogens (primary N) is 1. The average molecular weight is 283 g/mol. The first-order valence-corrected chi connectivity index (χ1v) is 7.74. The molecule has 0 aromatic carbocycles. The van der Waals surface area contributed by atoms with Crippen molar-refractivity contribution in [3.05, 3.63) is 5.82 Å². The van der Waals surface area contributed by atoms with Crippen molar-refractivity contribution < 1.29 is 4.79 Å². The van der Waals surface area contributed by atoms with Crippen LogP contribution >= 0.6 is 11.8 Å². The molecule has 0 radical (unpaired) electrons. The topological polar surface area (TPSA) is 77.0 Å². The normalized spacial score (nSPS) is 14.7. The fourth-order valence-corrected chi connectivity index (χ4v) is 3.04. The molecular weight excluding hydrogens is 262 g/mol. The zero-order chi connectivity index (χ0) is 13.8. The lowest BCUT2D eigenvalue weighted by Crippen LogP contribution is -2.34. The third-order valence-electron chi connectivity index (χ3n) is 3.27. The van der Waals surface area contributed by atoms with Gasteiger partial charge in [0.05, 0.1) is 12.3 Å². The summed E-state index contributed by atoms with van der Waals surface area (Å²) in [5.74, 6) is 1.38. The van der Waals surface area contributed by atoms with Gasteiger partial charge >= 0.3 is 0 Å². The van der Waals surface area contributed by atoms with Crippen molar-refractivity contribution in [3.63, 3.8) is 0 Å². The van der Waals surface area contributed by atoms with Crippen LogP contribution in [-0.4, -0.2) is 43.9 Å². The maximum Gasteiger partial charge on any atom is 0.233 e. The second-order valence-electron chi connectivity index (χ2n) is 4.55. The first kappa shape index (κ1) is 14.3. The molecule has 0 aliphatic heterocycles. The quantitative estimate of drug-likeness (QED) is 0.751. The van der Waals surface area contributed by atoms with Crippen molar-refractivity contribution in [1.82, 2.24) is 19.7 Å². The molecule has 2 N–H and O–H groups in total. The molecule has 7 heteroatoms. The fraction of sp³-hybridized carbons (Fsp3) is 0.750. The van der Waals surface area contributed by atoms with Gasteiger partial charge in [0.2, 0.25) is 5.91 Å². The second kappa shape index (κ2) is 6.38. The maximum atomic E-state index is 12.1. The maximum absolute atomic E-state index is 12.1. The van der Waals surface area contributed by atoms with Gasteiger partial charge in [0.15, 0.2) is 5.16 Å². The highest BCUT2D eigenvalue weighted by Crippen LogP contribution is 2.27. The molecule has 6 nitrogen and oxygen atoms in total. The third-order valence-corrected chi connectivity index (χ3v) is 4.22. The van der Waals surface area contributed by atoms with Crippen LogP contribution in [0.1, 0.15) is 32.5 Å². The Balaban J connectivity index is 1.94. The van der Waals surface area contributed by atoms with E-state index in [4.69, 9.17) is 5.73 Å². The minimum atomic E-state index is 0.190. The summed E-state index contributed by atoms with van der Waals surface area (Å²) >= 11 is 1.45. The van der Waals surface area contributed by atoms with E-state index in [0.29, 0.717) is 18.3 Å². The molecular formula is C12H21N5OS. The Morgan fingerprint density at radius 2 is 2.21 bits per heavy atom. The summed E-state index contributed by atoms with van der Waals surface area (Å²) in [6, 6.07) is 0.474. The van der Waals surface area contributed by atoms with E-state index in [2.05, 4.69) is 10.2 Å². The van der Waals surface area contributed by atoms with E-state index in [1.165, 1.54) is 11.8 Å². The van der Waals surface area contributed by atoms with E-state index >= 15 is 0 Å². The minimum Gasteiger partial charge on any atom is -0.339 e. The van der Waals surface area contributed by atoms with Crippen molar-refractivity contribution in [2.75, 3.05) is 12.3 Å². The molecule has 0 spiro atoms. The highest BCUT2D eigenvalue weighted by Gasteiger charge is 2.31. The molecule has 1 saturated carbocycles. The average Bonchev–Trinajstić information content (AvgIpc) is 3.16. The van der Waals surface area contributed by atoms with Gasteiger partial charge in [-0.15, -0.1) is 10.2 Å². The highest BCUT2D eigenvalue weighted by molar-refractivity contribution is 7.99. The monoisotopic (exact) mass is 283 g/mol. The van der Waals surface area contributed by atoms with E-state index in [9.17, 15) is 4.79 Å². The lowest BCUT2D eigenvalue weighted by Gasteiger charge is -2.19. The van der Waals surface area contributed by atoms with Gasteiger partial charge in [-0.25, -0.2) is 0 Å². The lowest BCUT2D eigenvalue weighted by molar-refractivity contribution is -0.128. The minimum absolute atomic E-state index is 0.190. The first-order chi connectivity index (χ1) is 9.21. The summed E-state index contributed by atoms with van der Waals surface area (Å²) in [7, 11) is 0. The smallest absolute Gasteiger partial charge is 0.233 e. The Morgan fingerprint density at radius 1 is 1.47 bits per heavy atom. The van der Waals surface area contributed by atoms with E-state index in [1.54, 1.807) is 0 Å². The number of thioether (sulfide) groups is 1. The Bertz CT molecular complexity index is 443. The third kappa shape index (κ3) is 3.27. The number of hydrogen-bond acceptors (Lipinski definition) is 5. The summed E-state index contributed by atoms with van der Waals surface area (Å²) in [4.78, 5) is 14.1. The molecule has 1 aliphatic carbocycles. The second-order valence-corrected chi connectivity index (χ2v) is 5.49. The Morgan fingerprint density at radius 3 is 2.74 bits per heavy atom. The van der Waals surface area contributed by atoms with Gasteiger partial charge < -0.3 is 15.2 Å². The van der Waals surface area contributed by atoms with Crippen LogP contribution in [0.25, 0.3) is 0 Å². The zero-order valence-corrected chi connectivity index (χ0v) is 12.3. The molecule has 1 aromatic rings. The van der Waals surface area contributed by atoms with E-state index < -0.39 is 0 Å². The largest absolute Gasteiger partial charge is 0.339 e. The van der Waals surface area contributed by atoms with Crippen molar-refractivity contribution in [1.29, 1.82) is 0 Å². The van der Waals surface area contributed by atoms with Crippen LogP contribution in [0.3, 0.4) is 0 Å². The Labute approximate surface area is 117 Å². The number of amides is 1. The van der Waals surface area contributed by atoms with Gasteiger partial charge in [-0.2, -0.15) is 0 Å². The van der Waals surface area contributed by atoms with Gasteiger partial charge in [-0.05, 0) is 26.7 Å². The van der Waals surface area contributed by atoms with Gasteiger partial charge in [-0.3, -0.25) is 4.79 Å². The zero-order valence-electron chi connectivity index (χ0n) is 11.5. The number of rotatable bonds is 7. The molecule has 0 atom stereocenters. The molecule has 2 rings (SSSR count). The molecule has 1 fully saturated rings. The Hall–Kier alpha value is -1.08. The molecule has 1 heterocycles. The van der Waals surface area contributed by atoms with Crippen LogP contribution in [0.15, 0.2) is 5.16 Å². The van der Waals surface area contributed by atoms with Crippen LogP contribution in [-0.2, 0) is 17.9 Å². The van der Waals surface area contributed by atoms with Crippen molar-refractivity contribution in [2.24, 2.45) is 5.73 Å². The number of nitrogens with zero attached hydrogens (tertiary/aromatic N) is 4. The standard InChI is InChI=1S/C12H21N5OS/c1-3-16(9-5-6-9)11(18)8-19-12-15-14-10(7-13)17(12)4-2/h9H,3-8,13H2,1-2H3. The van der Waals surface area contributed by atoms with Crippen molar-refractivity contribution >= 4 is 17.7 Å². The Kier molecular flexibility index (Phi) is 4.81. The molecule has 1 aliphatic rings. The lowest BCUT2D eigenvalue weighted by atomic mass is 10.4. The fourth-order valence-electron chi connectivity index (χ4n) is 2.13. The van der Waals surface area contributed by atoms with Crippen LogP contribution in [0.2, 0.25) is 0 Å². The van der Waals surface area contributed by atoms with Gasteiger partial charge in [0, 0.05) is 19.1 Å². The molecule has 0 bridgehead atoms. The first-order valence-electron chi connectivity index (χ1n) is 6.75. The van der Waals surface area contributed by atoms with Gasteiger partial charge in [0.1, 0.15) is 5.82 Å². The van der Waals surface area contributed by atoms with E-state index in [-0.39, 0.29) is 5.91 Å². The molecule has 1 aromatic heterocycles. The molecule has 0 saturated heterocycles. The van der Waals surface area contributed by atoms with Crippen molar-refractivity contribution in [2.45, 2.75) is 51.0 Å². The van der Waals surface area contributed by atoms with Crippen molar-refractivity contribution in [3.8, 4) is 0 Å². The predicted molar refractivity (Wildman–Crippen MR) is 74.7 cm³/mol. The van der Waals surface area contributed by atoms with Crippen LogP contribution in [0.4, 0.5) is 0 Å². The summed E-state index contributed by atoms with van der Waals surface area (Å²) in [5.41, 5.74) is 5.61. The molecule has 19 heavy (non-hydrogen) atoms. The predicted octanol–water partition coefficient (Wildman–Crippen LogP) is 0.860. The highest BCUT2D eigenvalue weighted by atomic mass is 32.2. The van der Waals surface area contributed by atoms with Crippen LogP contribution in [0, 0.1) is 0 Å². The molecule has 0 unspecified atom stereocenters. The SMILES string of the molecule is CCN(C(=O)CSc1nnc(CN)n1CC)C1CC1. The van der Waals surface area contributed by atoms with Crippen LogP contribution < -0.4 is 5.73 Å². The van der Waals surface area contributed by atoms with Gasteiger partial charge in [-0.1, -0.05) is 11.8 Å². The summed E-state index contributed by atoms with van der Waals surface area (Å²) < 4.78 is 1.96. The number of hydrogen-bond donors (Lipinski definition) is 1. The van der Waals surface area contributed by atoms with Crippen LogP contribution in [0.5, 0.6) is 0 Å². The summed E-state index contributed by atoms with van der Waals surface area (Å²) in [6.07, 6.45) is 2.29. The summed E-state index contributed by atoms with van der Waals surface area (Å²) in [5, 5.41) is 8.92. The van der Waals surface area contributed by atoms with Gasteiger partial charge in [0.25, 0.3) is 0 Å². The number of carbonyl (C=O) groups excluding carboxylic acids is 1. The number of aromatic nitrogens is 3. The van der Waals surface area contributed by atoms with E-state index in [1.807, 2.05) is 23.3 Å². The summed E-state index contributed by atoms with van der Waals surface area (Å²) in [6.45, 7) is 5.99. The number of carbonyl (C=O) groups is 1. The molecule has 1 amide bonds. The van der Waals surface area contributed by atoms with E-state index in [0.717, 1.165) is 36.9 Å². The molecule has 106 valence electrons.